The van der Waals surface area contributed by atoms with Gasteiger partial charge in [0.2, 0.25) is 5.91 Å². The molecule has 2 aromatic carbocycles. The van der Waals surface area contributed by atoms with Gasteiger partial charge in [0.05, 0.1) is 12.9 Å². The van der Waals surface area contributed by atoms with E-state index in [1.807, 2.05) is 26.8 Å². The van der Waals surface area contributed by atoms with Gasteiger partial charge >= 0.3 is 0 Å². The Hall–Kier alpha value is -3.08. The Balaban J connectivity index is 1.72. The molecule has 174 valence electrons. The highest BCUT2D eigenvalue weighted by molar-refractivity contribution is 6.01. The molecule has 0 radical (unpaired) electrons. The number of ether oxygens (including phenoxy) is 1. The van der Waals surface area contributed by atoms with Gasteiger partial charge in [-0.2, -0.15) is 0 Å². The van der Waals surface area contributed by atoms with Crippen molar-refractivity contribution in [1.29, 1.82) is 0 Å². The first-order chi connectivity index (χ1) is 16.0. The monoisotopic (exact) mass is 449 g/mol. The zero-order valence-corrected chi connectivity index (χ0v) is 19.7. The predicted molar refractivity (Wildman–Crippen MR) is 131 cm³/mol. The summed E-state index contributed by atoms with van der Waals surface area (Å²) in [7, 11) is 0. The molecule has 0 spiro atoms. The largest absolute Gasteiger partial charge is 0.493 e. The molecule has 1 aliphatic rings. The standard InChI is InChI=1S/C28H32FNO3/c1-4-32-27-19(3)28-24(25(17-33-28)20-11-13-21(29)14-12-20)16-23(27)18(2)15-26(31)30-22-9-7-5-6-8-10-22/h11-17,22H,4-10H2,1-3H3,(H,30,31)/b18-15+. The van der Waals surface area contributed by atoms with Crippen LogP contribution in [-0.4, -0.2) is 18.6 Å². The minimum Gasteiger partial charge on any atom is -0.493 e. The molecule has 4 nitrogen and oxygen atoms in total. The zero-order valence-electron chi connectivity index (χ0n) is 19.7. The van der Waals surface area contributed by atoms with Crippen molar-refractivity contribution in [3.05, 3.63) is 59.6 Å². The van der Waals surface area contributed by atoms with Crippen LogP contribution < -0.4 is 10.1 Å². The molecule has 1 heterocycles. The molecule has 3 aromatic rings. The molecule has 0 aliphatic heterocycles. The van der Waals surface area contributed by atoms with E-state index in [0.29, 0.717) is 6.61 Å². The Bertz CT molecular complexity index is 1150. The summed E-state index contributed by atoms with van der Waals surface area (Å²) in [5, 5.41) is 4.10. The molecule has 1 aromatic heterocycles. The molecule has 4 rings (SSSR count). The van der Waals surface area contributed by atoms with Gasteiger partial charge < -0.3 is 14.5 Å². The Kier molecular flexibility index (Phi) is 7.17. The number of hydrogen-bond donors (Lipinski definition) is 1. The number of hydrogen-bond acceptors (Lipinski definition) is 3. The number of benzene rings is 2. The maximum Gasteiger partial charge on any atom is 0.244 e. The predicted octanol–water partition coefficient (Wildman–Crippen LogP) is 7.19. The molecule has 1 saturated carbocycles. The highest BCUT2D eigenvalue weighted by Crippen LogP contribution is 2.40. The summed E-state index contributed by atoms with van der Waals surface area (Å²) in [5.74, 6) is 0.382. The van der Waals surface area contributed by atoms with E-state index in [-0.39, 0.29) is 17.8 Å². The van der Waals surface area contributed by atoms with E-state index in [2.05, 4.69) is 5.32 Å². The molecular weight excluding hydrogens is 417 g/mol. The molecule has 1 fully saturated rings. The fraction of sp³-hybridized carbons (Fsp3) is 0.393. The molecule has 33 heavy (non-hydrogen) atoms. The van der Waals surface area contributed by atoms with Crippen molar-refractivity contribution in [3.63, 3.8) is 0 Å². The lowest BCUT2D eigenvalue weighted by Crippen LogP contribution is -2.33. The number of amides is 1. The van der Waals surface area contributed by atoms with Gasteiger partial charge in [-0.05, 0) is 62.9 Å². The van der Waals surface area contributed by atoms with Crippen LogP contribution >= 0.6 is 0 Å². The van der Waals surface area contributed by atoms with Gasteiger partial charge in [0, 0.05) is 34.2 Å². The number of nitrogens with one attached hydrogen (secondary N) is 1. The molecule has 0 atom stereocenters. The Morgan fingerprint density at radius 1 is 1.18 bits per heavy atom. The van der Waals surface area contributed by atoms with Crippen LogP contribution in [0.15, 0.2) is 47.1 Å². The van der Waals surface area contributed by atoms with Gasteiger partial charge in [-0.15, -0.1) is 0 Å². The van der Waals surface area contributed by atoms with Crippen molar-refractivity contribution in [2.75, 3.05) is 6.61 Å². The first-order valence-corrected chi connectivity index (χ1v) is 11.9. The smallest absolute Gasteiger partial charge is 0.244 e. The van der Waals surface area contributed by atoms with Gasteiger partial charge in [-0.25, -0.2) is 4.39 Å². The maximum absolute atomic E-state index is 13.4. The quantitative estimate of drug-likeness (QED) is 0.320. The average molecular weight is 450 g/mol. The van der Waals surface area contributed by atoms with E-state index < -0.39 is 0 Å². The summed E-state index contributed by atoms with van der Waals surface area (Å²) in [6, 6.07) is 8.64. The van der Waals surface area contributed by atoms with Crippen molar-refractivity contribution in [1.82, 2.24) is 5.32 Å². The lowest BCUT2D eigenvalue weighted by atomic mass is 9.96. The summed E-state index contributed by atoms with van der Waals surface area (Å²) >= 11 is 0. The normalized spacial score (nSPS) is 15.5. The SMILES string of the molecule is CCOc1c(/C(C)=C/C(=O)NC2CCCCCC2)cc2c(-c3ccc(F)cc3)coc2c1C. The number of carbonyl (C=O) groups is 1. The average Bonchev–Trinajstić information content (AvgIpc) is 3.05. The zero-order chi connectivity index (χ0) is 23.4. The first-order valence-electron chi connectivity index (χ1n) is 11.9. The van der Waals surface area contributed by atoms with Crippen LogP contribution in [0.5, 0.6) is 5.75 Å². The molecule has 0 unspecified atom stereocenters. The van der Waals surface area contributed by atoms with Crippen LogP contribution in [0, 0.1) is 12.7 Å². The molecule has 1 amide bonds. The maximum atomic E-state index is 13.4. The molecule has 1 N–H and O–H groups in total. The number of aryl methyl sites for hydroxylation is 1. The van der Waals surface area contributed by atoms with Crippen molar-refractivity contribution in [3.8, 4) is 16.9 Å². The van der Waals surface area contributed by atoms with Crippen molar-refractivity contribution in [2.45, 2.75) is 65.3 Å². The lowest BCUT2D eigenvalue weighted by Gasteiger charge is -2.17. The Morgan fingerprint density at radius 2 is 1.88 bits per heavy atom. The van der Waals surface area contributed by atoms with E-state index in [1.54, 1.807) is 24.5 Å². The topological polar surface area (TPSA) is 51.5 Å². The third kappa shape index (κ3) is 5.13. The summed E-state index contributed by atoms with van der Waals surface area (Å²) < 4.78 is 25.3. The van der Waals surface area contributed by atoms with Crippen LogP contribution in [0.1, 0.15) is 63.5 Å². The third-order valence-electron chi connectivity index (χ3n) is 6.46. The minimum absolute atomic E-state index is 0.0643. The summed E-state index contributed by atoms with van der Waals surface area (Å²) in [6.45, 7) is 6.35. The molecular formula is C28H32FNO3. The fourth-order valence-electron chi connectivity index (χ4n) is 4.73. The minimum atomic E-state index is -0.277. The Morgan fingerprint density at radius 3 is 2.55 bits per heavy atom. The highest BCUT2D eigenvalue weighted by Gasteiger charge is 2.20. The first kappa shape index (κ1) is 23.1. The second-order valence-electron chi connectivity index (χ2n) is 8.87. The van der Waals surface area contributed by atoms with Crippen molar-refractivity contribution < 1.29 is 18.3 Å². The molecule has 5 heteroatoms. The number of carbonyl (C=O) groups excluding carboxylic acids is 1. The highest BCUT2D eigenvalue weighted by atomic mass is 19.1. The van der Waals surface area contributed by atoms with Gasteiger partial charge in [-0.3, -0.25) is 4.79 Å². The van der Waals surface area contributed by atoms with Gasteiger partial charge in [0.15, 0.2) is 0 Å². The van der Waals surface area contributed by atoms with Crippen molar-refractivity contribution in [2.24, 2.45) is 0 Å². The summed E-state index contributed by atoms with van der Waals surface area (Å²) in [4.78, 5) is 12.8. The van der Waals surface area contributed by atoms with Crippen LogP contribution in [0.4, 0.5) is 4.39 Å². The van der Waals surface area contributed by atoms with Gasteiger partial charge in [0.1, 0.15) is 17.1 Å². The van der Waals surface area contributed by atoms with Crippen LogP contribution in [0.2, 0.25) is 0 Å². The number of rotatable bonds is 6. The van der Waals surface area contributed by atoms with E-state index >= 15 is 0 Å². The second-order valence-corrected chi connectivity index (χ2v) is 8.87. The van der Waals surface area contributed by atoms with E-state index in [9.17, 15) is 9.18 Å². The summed E-state index contributed by atoms with van der Waals surface area (Å²) in [5.41, 5.74) is 5.07. The van der Waals surface area contributed by atoms with Crippen LogP contribution in [0.3, 0.4) is 0 Å². The number of furan rings is 1. The number of allylic oxidation sites excluding steroid dienone is 1. The molecule has 0 saturated heterocycles. The fourth-order valence-corrected chi connectivity index (χ4v) is 4.73. The Labute approximate surface area is 194 Å². The van der Waals surface area contributed by atoms with Gasteiger partial charge in [0.25, 0.3) is 0 Å². The van der Waals surface area contributed by atoms with E-state index in [1.165, 1.54) is 37.8 Å². The van der Waals surface area contributed by atoms with Crippen molar-refractivity contribution >= 4 is 22.4 Å². The number of fused-ring (bicyclic) bond motifs is 1. The van der Waals surface area contributed by atoms with Gasteiger partial charge in [-0.1, -0.05) is 37.8 Å². The second kappa shape index (κ2) is 10.2. The lowest BCUT2D eigenvalue weighted by molar-refractivity contribution is -0.117. The third-order valence-corrected chi connectivity index (χ3v) is 6.46. The van der Waals surface area contributed by atoms with E-state index in [0.717, 1.165) is 57.4 Å². The number of halogens is 1. The van der Waals surface area contributed by atoms with E-state index in [4.69, 9.17) is 9.15 Å². The van der Waals surface area contributed by atoms with Crippen LogP contribution in [0.25, 0.3) is 27.7 Å². The molecule has 1 aliphatic carbocycles. The summed E-state index contributed by atoms with van der Waals surface area (Å²) in [6.07, 6.45) is 10.3. The molecule has 0 bridgehead atoms. The van der Waals surface area contributed by atoms with Crippen LogP contribution in [-0.2, 0) is 4.79 Å².